The van der Waals surface area contributed by atoms with E-state index >= 15 is 0 Å². The van der Waals surface area contributed by atoms with Crippen molar-refractivity contribution < 1.29 is 9.59 Å². The van der Waals surface area contributed by atoms with Crippen LogP contribution in [0.4, 0.5) is 0 Å². The van der Waals surface area contributed by atoms with Gasteiger partial charge in [0, 0.05) is 5.56 Å². The first-order valence-electron chi connectivity index (χ1n) is 4.86. The van der Waals surface area contributed by atoms with E-state index in [-0.39, 0.29) is 0 Å². The molecule has 82 valence electrons. The highest BCUT2D eigenvalue weighted by molar-refractivity contribution is 6.43. The number of terminal acetylenes is 1. The second-order valence-corrected chi connectivity index (χ2v) is 3.92. The number of ketones is 1. The van der Waals surface area contributed by atoms with Crippen LogP contribution < -0.4 is 5.32 Å². The Labute approximate surface area is 94.9 Å². The Morgan fingerprint density at radius 2 is 1.81 bits per heavy atom. The van der Waals surface area contributed by atoms with Gasteiger partial charge < -0.3 is 5.32 Å². The molecule has 3 nitrogen and oxygen atoms in total. The Morgan fingerprint density at radius 1 is 1.25 bits per heavy atom. The molecule has 0 saturated heterocycles. The molecule has 16 heavy (non-hydrogen) atoms. The molecular formula is C13H13NO2. The molecule has 0 aromatic heterocycles. The molecule has 1 N–H and O–H groups in total. The van der Waals surface area contributed by atoms with Crippen molar-refractivity contribution in [2.75, 3.05) is 0 Å². The summed E-state index contributed by atoms with van der Waals surface area (Å²) in [4.78, 5) is 23.2. The van der Waals surface area contributed by atoms with Crippen molar-refractivity contribution >= 4 is 11.7 Å². The van der Waals surface area contributed by atoms with Crippen molar-refractivity contribution in [3.8, 4) is 12.3 Å². The van der Waals surface area contributed by atoms with Crippen LogP contribution in [0.5, 0.6) is 0 Å². The largest absolute Gasteiger partial charge is 0.333 e. The van der Waals surface area contributed by atoms with Gasteiger partial charge in [0.15, 0.2) is 0 Å². The number of carbonyl (C=O) groups is 2. The van der Waals surface area contributed by atoms with Crippen LogP contribution in [0.1, 0.15) is 24.2 Å². The first-order valence-corrected chi connectivity index (χ1v) is 4.86. The number of Topliss-reactive ketones (excluding diaryl/α,β-unsaturated/α-hetero) is 1. The van der Waals surface area contributed by atoms with Gasteiger partial charge in [-0.2, -0.15) is 0 Å². The lowest BCUT2D eigenvalue weighted by Gasteiger charge is -2.18. The standard InChI is InChI=1S/C13H13NO2/c1-4-13(2,3)14-12(16)11(15)10-8-6-5-7-9-10/h1,5-9H,2-3H3,(H,14,16). The molecule has 0 unspecified atom stereocenters. The summed E-state index contributed by atoms with van der Waals surface area (Å²) in [6, 6.07) is 8.36. The molecule has 0 aliphatic rings. The Bertz CT molecular complexity index is 441. The third-order valence-corrected chi connectivity index (χ3v) is 2.03. The number of benzene rings is 1. The Balaban J connectivity index is 2.78. The number of rotatable bonds is 3. The monoisotopic (exact) mass is 215 g/mol. The topological polar surface area (TPSA) is 46.2 Å². The van der Waals surface area contributed by atoms with Crippen molar-refractivity contribution in [3.05, 3.63) is 35.9 Å². The minimum atomic E-state index is -0.818. The van der Waals surface area contributed by atoms with Crippen LogP contribution in [-0.4, -0.2) is 17.2 Å². The van der Waals surface area contributed by atoms with Gasteiger partial charge in [0.1, 0.15) is 0 Å². The fourth-order valence-electron chi connectivity index (χ4n) is 1.10. The van der Waals surface area contributed by atoms with Gasteiger partial charge in [-0.1, -0.05) is 36.3 Å². The summed E-state index contributed by atoms with van der Waals surface area (Å²) in [7, 11) is 0. The number of nitrogens with one attached hydrogen (secondary N) is 1. The molecule has 0 aliphatic carbocycles. The van der Waals surface area contributed by atoms with Gasteiger partial charge in [-0.15, -0.1) is 6.42 Å². The van der Waals surface area contributed by atoms with E-state index < -0.39 is 17.2 Å². The molecule has 0 aliphatic heterocycles. The molecule has 1 amide bonds. The fourth-order valence-corrected chi connectivity index (χ4v) is 1.10. The van der Waals surface area contributed by atoms with Crippen LogP contribution in [0.25, 0.3) is 0 Å². The minimum Gasteiger partial charge on any atom is -0.333 e. The van der Waals surface area contributed by atoms with Crippen LogP contribution in [0.3, 0.4) is 0 Å². The molecule has 0 spiro atoms. The highest BCUT2D eigenvalue weighted by atomic mass is 16.2. The van der Waals surface area contributed by atoms with Crippen LogP contribution in [0.15, 0.2) is 30.3 Å². The minimum absolute atomic E-state index is 0.354. The fraction of sp³-hybridized carbons (Fsp3) is 0.231. The molecule has 0 bridgehead atoms. The van der Waals surface area contributed by atoms with Gasteiger partial charge in [-0.3, -0.25) is 9.59 Å². The summed E-state index contributed by atoms with van der Waals surface area (Å²) in [5, 5.41) is 2.48. The van der Waals surface area contributed by atoms with Gasteiger partial charge in [0.05, 0.1) is 5.54 Å². The van der Waals surface area contributed by atoms with Crippen LogP contribution in [-0.2, 0) is 4.79 Å². The molecular weight excluding hydrogens is 202 g/mol. The Hall–Kier alpha value is -2.08. The second-order valence-electron chi connectivity index (χ2n) is 3.92. The lowest BCUT2D eigenvalue weighted by atomic mass is 10.1. The van der Waals surface area contributed by atoms with E-state index in [1.54, 1.807) is 44.2 Å². The van der Waals surface area contributed by atoms with Crippen LogP contribution >= 0.6 is 0 Å². The van der Waals surface area contributed by atoms with Crippen LogP contribution in [0.2, 0.25) is 0 Å². The summed E-state index contributed by atoms with van der Waals surface area (Å²) in [6.45, 7) is 3.31. The maximum absolute atomic E-state index is 11.7. The Kier molecular flexibility index (Phi) is 3.47. The van der Waals surface area contributed by atoms with Crippen molar-refractivity contribution in [2.45, 2.75) is 19.4 Å². The molecule has 1 aromatic carbocycles. The highest BCUT2D eigenvalue weighted by Crippen LogP contribution is 2.03. The maximum Gasteiger partial charge on any atom is 0.293 e. The second kappa shape index (κ2) is 4.63. The normalized spacial score (nSPS) is 10.3. The quantitative estimate of drug-likeness (QED) is 0.470. The van der Waals surface area contributed by atoms with Crippen molar-refractivity contribution in [3.63, 3.8) is 0 Å². The smallest absolute Gasteiger partial charge is 0.293 e. The molecule has 0 radical (unpaired) electrons. The molecule has 0 heterocycles. The summed E-state index contributed by atoms with van der Waals surface area (Å²) >= 11 is 0. The van der Waals surface area contributed by atoms with Gasteiger partial charge in [-0.25, -0.2) is 0 Å². The molecule has 1 aromatic rings. The predicted molar refractivity (Wildman–Crippen MR) is 61.8 cm³/mol. The summed E-state index contributed by atoms with van der Waals surface area (Å²) in [5.74, 6) is 1.13. The zero-order chi connectivity index (χ0) is 12.2. The lowest BCUT2D eigenvalue weighted by Crippen LogP contribution is -2.45. The van der Waals surface area contributed by atoms with Crippen LogP contribution in [0, 0.1) is 12.3 Å². The first kappa shape index (κ1) is 12.0. The van der Waals surface area contributed by atoms with Gasteiger partial charge in [0.2, 0.25) is 5.78 Å². The number of amides is 1. The number of hydrogen-bond donors (Lipinski definition) is 1. The van der Waals surface area contributed by atoms with E-state index in [1.807, 2.05) is 0 Å². The van der Waals surface area contributed by atoms with E-state index in [0.717, 1.165) is 0 Å². The van der Waals surface area contributed by atoms with Crippen molar-refractivity contribution in [1.29, 1.82) is 0 Å². The third-order valence-electron chi connectivity index (χ3n) is 2.03. The number of carbonyl (C=O) groups excluding carboxylic acids is 2. The summed E-state index contributed by atoms with van der Waals surface area (Å²) in [6.07, 6.45) is 5.22. The van der Waals surface area contributed by atoms with Gasteiger partial charge >= 0.3 is 0 Å². The first-order chi connectivity index (χ1) is 7.46. The zero-order valence-corrected chi connectivity index (χ0v) is 9.28. The molecule has 0 atom stereocenters. The summed E-state index contributed by atoms with van der Waals surface area (Å²) < 4.78 is 0. The van der Waals surface area contributed by atoms with Crippen molar-refractivity contribution in [1.82, 2.24) is 5.32 Å². The maximum atomic E-state index is 11.7. The SMILES string of the molecule is C#CC(C)(C)NC(=O)C(=O)c1ccccc1. The predicted octanol–water partition coefficient (Wildman–Crippen LogP) is 1.40. The van der Waals surface area contributed by atoms with E-state index in [0.29, 0.717) is 5.56 Å². The van der Waals surface area contributed by atoms with Crippen molar-refractivity contribution in [2.24, 2.45) is 0 Å². The lowest BCUT2D eigenvalue weighted by molar-refractivity contribution is -0.118. The van der Waals surface area contributed by atoms with E-state index in [2.05, 4.69) is 11.2 Å². The van der Waals surface area contributed by atoms with E-state index in [1.165, 1.54) is 0 Å². The summed E-state index contributed by atoms with van der Waals surface area (Å²) in [5.41, 5.74) is -0.463. The van der Waals surface area contributed by atoms with E-state index in [9.17, 15) is 9.59 Å². The van der Waals surface area contributed by atoms with Gasteiger partial charge in [0.25, 0.3) is 5.91 Å². The average Bonchev–Trinajstić information content (AvgIpc) is 2.28. The molecule has 3 heteroatoms. The molecule has 0 saturated carbocycles. The molecule has 1 rings (SSSR count). The molecule has 0 fully saturated rings. The Morgan fingerprint density at radius 3 is 2.31 bits per heavy atom. The average molecular weight is 215 g/mol. The van der Waals surface area contributed by atoms with E-state index in [4.69, 9.17) is 6.42 Å². The third kappa shape index (κ3) is 2.96. The van der Waals surface area contributed by atoms with Gasteiger partial charge in [-0.05, 0) is 13.8 Å². The zero-order valence-electron chi connectivity index (χ0n) is 9.28. The highest BCUT2D eigenvalue weighted by Gasteiger charge is 2.22. The number of hydrogen-bond acceptors (Lipinski definition) is 2.